The van der Waals surface area contributed by atoms with Crippen LogP contribution in [0.3, 0.4) is 0 Å². The molecular formula is C19H17Cl2FN6O3. The second-order valence-electron chi connectivity index (χ2n) is 7.17. The number of anilines is 1. The van der Waals surface area contributed by atoms with Crippen molar-refractivity contribution in [3.05, 3.63) is 56.4 Å². The Bertz CT molecular complexity index is 1150. The molecule has 2 amide bonds. The Morgan fingerprint density at radius 1 is 1.19 bits per heavy atom. The van der Waals surface area contributed by atoms with E-state index in [0.29, 0.717) is 12.8 Å². The summed E-state index contributed by atoms with van der Waals surface area (Å²) in [6.07, 6.45) is 1.89. The summed E-state index contributed by atoms with van der Waals surface area (Å²) < 4.78 is 20.8. The number of aromatic nitrogens is 2. The van der Waals surface area contributed by atoms with Crippen LogP contribution in [-0.4, -0.2) is 22.1 Å². The van der Waals surface area contributed by atoms with Crippen molar-refractivity contribution in [3.63, 3.8) is 0 Å². The molecule has 0 radical (unpaired) electrons. The van der Waals surface area contributed by atoms with Crippen LogP contribution in [0.15, 0.2) is 40.4 Å². The summed E-state index contributed by atoms with van der Waals surface area (Å²) in [7, 11) is 0. The van der Waals surface area contributed by atoms with E-state index < -0.39 is 17.3 Å². The molecule has 2 aliphatic rings. The van der Waals surface area contributed by atoms with E-state index in [1.54, 1.807) is 0 Å². The number of halogens is 3. The minimum absolute atomic E-state index is 0.00990. The highest BCUT2D eigenvalue weighted by atomic mass is 35.5. The van der Waals surface area contributed by atoms with E-state index in [9.17, 15) is 9.59 Å². The number of amides is 2. The van der Waals surface area contributed by atoms with E-state index in [4.69, 9.17) is 33.7 Å². The molecule has 0 atom stereocenters. The van der Waals surface area contributed by atoms with Crippen molar-refractivity contribution in [1.82, 2.24) is 15.5 Å². The molecule has 1 fully saturated rings. The second-order valence-corrected chi connectivity index (χ2v) is 7.98. The molecule has 4 rings (SSSR count). The van der Waals surface area contributed by atoms with Gasteiger partial charge in [-0.1, -0.05) is 29.8 Å². The van der Waals surface area contributed by atoms with Gasteiger partial charge >= 0.3 is 6.03 Å². The maximum atomic E-state index is 15.1. The van der Waals surface area contributed by atoms with Gasteiger partial charge in [-0.3, -0.25) is 4.79 Å². The number of nitrogens with one attached hydrogen (secondary N) is 2. The summed E-state index contributed by atoms with van der Waals surface area (Å²) in [6.45, 7) is 3.57. The van der Waals surface area contributed by atoms with Gasteiger partial charge in [0.25, 0.3) is 5.56 Å². The number of nitrogens with zero attached hydrogens (tertiary/aromatic N) is 3. The fourth-order valence-electron chi connectivity index (χ4n) is 3.48. The monoisotopic (exact) mass is 466 g/mol. The molecule has 9 nitrogen and oxygen atoms in total. The number of hydrogen-bond acceptors (Lipinski definition) is 6. The summed E-state index contributed by atoms with van der Waals surface area (Å²) in [5, 5.41) is 13.5. The van der Waals surface area contributed by atoms with E-state index in [1.807, 2.05) is 0 Å². The molecule has 162 valence electrons. The standard InChI is InChI=1S/C19H17Cl2FN6O3/c1-9-16(23)27-28(18(30)24-9)10-6-12(20)15(13(21)7-10)31-14-8-11(17(29)26-25-14)19(22)4-2-3-5-19/h6-8H,1-5H2,(H2,23,27)(H,24,30)(H,26,29). The van der Waals surface area contributed by atoms with Crippen molar-refractivity contribution in [2.45, 2.75) is 31.4 Å². The molecule has 4 N–H and O–H groups in total. The number of hydrazone groups is 1. The normalized spacial score (nSPS) is 18.0. The van der Waals surface area contributed by atoms with Crippen LogP contribution in [0.5, 0.6) is 11.6 Å². The van der Waals surface area contributed by atoms with Gasteiger partial charge in [0.15, 0.2) is 11.6 Å². The predicted octanol–water partition coefficient (Wildman–Crippen LogP) is 3.92. The Balaban J connectivity index is 1.66. The Hall–Kier alpha value is -3.11. The molecule has 0 bridgehead atoms. The van der Waals surface area contributed by atoms with Crippen molar-refractivity contribution in [2.75, 3.05) is 5.01 Å². The number of H-pyrrole nitrogens is 1. The van der Waals surface area contributed by atoms with Crippen molar-refractivity contribution in [2.24, 2.45) is 10.8 Å². The first-order chi connectivity index (χ1) is 14.7. The molecule has 1 aromatic carbocycles. The quantitative estimate of drug-likeness (QED) is 0.629. The van der Waals surface area contributed by atoms with Crippen molar-refractivity contribution in [1.29, 1.82) is 0 Å². The summed E-state index contributed by atoms with van der Waals surface area (Å²) in [6, 6.07) is 3.41. The lowest BCUT2D eigenvalue weighted by Crippen LogP contribution is -2.45. The number of rotatable bonds is 4. The number of alkyl halides is 1. The lowest BCUT2D eigenvalue weighted by Gasteiger charge is -2.24. The molecular weight excluding hydrogens is 450 g/mol. The molecule has 0 unspecified atom stereocenters. The zero-order valence-electron chi connectivity index (χ0n) is 16.0. The smallest absolute Gasteiger partial charge is 0.347 e. The average Bonchev–Trinajstić information content (AvgIpc) is 3.16. The third kappa shape index (κ3) is 3.96. The van der Waals surface area contributed by atoms with Gasteiger partial charge in [-0.15, -0.1) is 10.2 Å². The summed E-state index contributed by atoms with van der Waals surface area (Å²) >= 11 is 12.6. The second kappa shape index (κ2) is 7.86. The van der Waals surface area contributed by atoms with Crippen LogP contribution < -0.4 is 26.4 Å². The SMILES string of the molecule is C=C1NC(=O)N(c2cc(Cl)c(Oc3cc(C4(F)CCCC4)c(=O)[nH]n3)c(Cl)c2)N=C1N. The zero-order chi connectivity index (χ0) is 22.3. The van der Waals surface area contributed by atoms with Crippen LogP contribution in [0.2, 0.25) is 10.0 Å². The minimum Gasteiger partial charge on any atom is -0.434 e. The zero-order valence-corrected chi connectivity index (χ0v) is 17.6. The Morgan fingerprint density at radius 3 is 2.48 bits per heavy atom. The number of carbonyl (C=O) groups is 1. The summed E-state index contributed by atoms with van der Waals surface area (Å²) in [4.78, 5) is 24.3. The number of carbonyl (C=O) groups excluding carboxylic acids is 1. The molecule has 1 aliphatic heterocycles. The van der Waals surface area contributed by atoms with E-state index in [1.165, 1.54) is 18.2 Å². The highest BCUT2D eigenvalue weighted by molar-refractivity contribution is 6.37. The van der Waals surface area contributed by atoms with Gasteiger partial charge in [-0.2, -0.15) is 5.01 Å². The largest absolute Gasteiger partial charge is 0.434 e. The molecule has 0 saturated heterocycles. The summed E-state index contributed by atoms with van der Waals surface area (Å²) in [5.41, 5.74) is 3.71. The molecule has 1 aliphatic carbocycles. The van der Waals surface area contributed by atoms with Gasteiger partial charge in [0.2, 0.25) is 5.88 Å². The number of nitrogens with two attached hydrogens (primary N) is 1. The van der Waals surface area contributed by atoms with Gasteiger partial charge < -0.3 is 15.8 Å². The number of benzene rings is 1. The maximum absolute atomic E-state index is 15.1. The van der Waals surface area contributed by atoms with Crippen LogP contribution in [0.25, 0.3) is 0 Å². The molecule has 31 heavy (non-hydrogen) atoms. The first-order valence-corrected chi connectivity index (χ1v) is 10.0. The minimum atomic E-state index is -1.73. The third-order valence-electron chi connectivity index (χ3n) is 5.06. The number of hydrogen-bond donors (Lipinski definition) is 3. The van der Waals surface area contributed by atoms with Crippen LogP contribution >= 0.6 is 23.2 Å². The van der Waals surface area contributed by atoms with Crippen LogP contribution in [0.4, 0.5) is 14.9 Å². The average molecular weight is 467 g/mol. The lowest BCUT2D eigenvalue weighted by molar-refractivity contribution is 0.171. The van der Waals surface area contributed by atoms with Gasteiger partial charge in [-0.25, -0.2) is 14.3 Å². The molecule has 1 aromatic heterocycles. The van der Waals surface area contributed by atoms with E-state index in [-0.39, 0.29) is 57.3 Å². The van der Waals surface area contributed by atoms with E-state index >= 15 is 4.39 Å². The Morgan fingerprint density at radius 2 is 1.84 bits per heavy atom. The van der Waals surface area contributed by atoms with Gasteiger partial charge in [-0.05, 0) is 37.8 Å². The van der Waals surface area contributed by atoms with Gasteiger partial charge in [0.05, 0.1) is 27.0 Å². The highest BCUT2D eigenvalue weighted by Gasteiger charge is 2.38. The highest BCUT2D eigenvalue weighted by Crippen LogP contribution is 2.43. The van der Waals surface area contributed by atoms with E-state index in [0.717, 1.165) is 5.01 Å². The fourth-order valence-corrected chi connectivity index (χ4v) is 4.04. The molecule has 0 spiro atoms. The predicted molar refractivity (Wildman–Crippen MR) is 114 cm³/mol. The first-order valence-electron chi connectivity index (χ1n) is 9.28. The number of ether oxygens (including phenoxy) is 1. The number of aromatic amines is 1. The Kier molecular flexibility index (Phi) is 5.36. The van der Waals surface area contributed by atoms with Crippen LogP contribution in [0.1, 0.15) is 31.2 Å². The first kappa shape index (κ1) is 21.1. The molecule has 12 heteroatoms. The topological polar surface area (TPSA) is 126 Å². The van der Waals surface area contributed by atoms with Crippen LogP contribution in [0, 0.1) is 0 Å². The van der Waals surface area contributed by atoms with Crippen molar-refractivity contribution >= 4 is 40.8 Å². The Labute approximate surface area is 185 Å². The molecule has 2 heterocycles. The van der Waals surface area contributed by atoms with Gasteiger partial charge in [0.1, 0.15) is 5.67 Å². The fraction of sp³-hybridized carbons (Fsp3) is 0.263. The molecule has 2 aromatic rings. The summed E-state index contributed by atoms with van der Waals surface area (Å²) in [5.74, 6) is -0.0516. The maximum Gasteiger partial charge on any atom is 0.347 e. The number of urea groups is 1. The van der Waals surface area contributed by atoms with Gasteiger partial charge in [0, 0.05) is 6.07 Å². The van der Waals surface area contributed by atoms with Crippen LogP contribution in [-0.2, 0) is 5.67 Å². The van der Waals surface area contributed by atoms with Crippen molar-refractivity contribution in [3.8, 4) is 11.6 Å². The third-order valence-corrected chi connectivity index (χ3v) is 5.62. The van der Waals surface area contributed by atoms with E-state index in [2.05, 4.69) is 27.2 Å². The number of amidine groups is 1. The molecule has 1 saturated carbocycles. The lowest BCUT2D eigenvalue weighted by atomic mass is 9.96. The van der Waals surface area contributed by atoms with Crippen molar-refractivity contribution < 1.29 is 13.9 Å².